The van der Waals surface area contributed by atoms with E-state index in [1.54, 1.807) is 36.7 Å². The van der Waals surface area contributed by atoms with Crippen molar-refractivity contribution in [1.82, 2.24) is 10.3 Å². The molecule has 0 saturated heterocycles. The number of carbonyl (C=O) groups is 2. The predicted octanol–water partition coefficient (Wildman–Crippen LogP) is 3.68. The van der Waals surface area contributed by atoms with Gasteiger partial charge < -0.3 is 16.0 Å². The van der Waals surface area contributed by atoms with E-state index in [2.05, 4.69) is 27.0 Å². The fourth-order valence-corrected chi connectivity index (χ4v) is 2.88. The van der Waals surface area contributed by atoms with E-state index in [4.69, 9.17) is 0 Å². The number of nitrogens with zero attached hydrogens (tertiary/aromatic N) is 1. The summed E-state index contributed by atoms with van der Waals surface area (Å²) in [7, 11) is 0. The summed E-state index contributed by atoms with van der Waals surface area (Å²) < 4.78 is 0. The van der Waals surface area contributed by atoms with E-state index < -0.39 is 0 Å². The van der Waals surface area contributed by atoms with Gasteiger partial charge in [-0.1, -0.05) is 17.7 Å². The van der Waals surface area contributed by atoms with Crippen LogP contribution in [-0.4, -0.2) is 23.3 Å². The molecule has 29 heavy (non-hydrogen) atoms. The van der Waals surface area contributed by atoms with E-state index >= 15 is 0 Å². The zero-order chi connectivity index (χ0) is 20.6. The number of carbonyl (C=O) groups excluding carboxylic acids is 2. The van der Waals surface area contributed by atoms with Crippen molar-refractivity contribution in [3.8, 4) is 0 Å². The normalized spacial score (nSPS) is 10.3. The van der Waals surface area contributed by atoms with E-state index in [9.17, 15) is 9.59 Å². The smallest absolute Gasteiger partial charge is 0.251 e. The fourth-order valence-electron chi connectivity index (χ4n) is 2.88. The van der Waals surface area contributed by atoms with E-state index in [0.29, 0.717) is 17.8 Å². The predicted molar refractivity (Wildman–Crippen MR) is 115 cm³/mol. The molecule has 0 aliphatic heterocycles. The van der Waals surface area contributed by atoms with Crippen molar-refractivity contribution in [3.63, 3.8) is 0 Å². The van der Waals surface area contributed by atoms with Crippen LogP contribution in [0.3, 0.4) is 0 Å². The van der Waals surface area contributed by atoms with Gasteiger partial charge >= 0.3 is 0 Å². The van der Waals surface area contributed by atoms with Crippen LogP contribution in [0.15, 0.2) is 67.0 Å². The van der Waals surface area contributed by atoms with Crippen LogP contribution >= 0.6 is 0 Å². The molecular weight excluding hydrogens is 364 g/mol. The summed E-state index contributed by atoms with van der Waals surface area (Å²) in [6.45, 7) is 4.64. The lowest BCUT2D eigenvalue weighted by atomic mass is 10.1. The lowest BCUT2D eigenvalue weighted by Crippen LogP contribution is -2.23. The molecule has 3 aromatic rings. The summed E-state index contributed by atoms with van der Waals surface area (Å²) in [6.07, 6.45) is 3.38. The lowest BCUT2D eigenvalue weighted by Gasteiger charge is -2.11. The molecule has 0 aliphatic carbocycles. The fraction of sp³-hybridized carbons (Fsp3) is 0.174. The first-order valence-corrected chi connectivity index (χ1v) is 9.39. The molecule has 0 aliphatic rings. The minimum absolute atomic E-state index is 0.153. The standard InChI is InChI=1S/C23H24N4O2/c1-16-3-8-21(17(2)13-16)25-15-22(28)27-20-6-4-19(5-7-20)23(29)26-14-18-9-11-24-12-10-18/h3-13,25H,14-15H2,1-2H3,(H,26,29)(H,27,28). The van der Waals surface area contributed by atoms with Crippen molar-refractivity contribution in [2.75, 3.05) is 17.2 Å². The van der Waals surface area contributed by atoms with Gasteiger partial charge in [0.05, 0.1) is 6.54 Å². The molecule has 3 rings (SSSR count). The van der Waals surface area contributed by atoms with Crippen LogP contribution in [0.5, 0.6) is 0 Å². The quantitative estimate of drug-likeness (QED) is 0.577. The third kappa shape index (κ3) is 5.90. The van der Waals surface area contributed by atoms with Gasteiger partial charge in [0.1, 0.15) is 0 Å². The number of anilines is 2. The number of aromatic nitrogens is 1. The Morgan fingerprint density at radius 3 is 2.34 bits per heavy atom. The zero-order valence-corrected chi connectivity index (χ0v) is 16.5. The Labute approximate surface area is 170 Å². The highest BCUT2D eigenvalue weighted by Gasteiger charge is 2.07. The van der Waals surface area contributed by atoms with Crippen molar-refractivity contribution in [2.24, 2.45) is 0 Å². The molecule has 2 aromatic carbocycles. The summed E-state index contributed by atoms with van der Waals surface area (Å²) in [5.74, 6) is -0.323. The summed E-state index contributed by atoms with van der Waals surface area (Å²) in [4.78, 5) is 28.4. The lowest BCUT2D eigenvalue weighted by molar-refractivity contribution is -0.114. The van der Waals surface area contributed by atoms with Gasteiger partial charge in [0, 0.05) is 35.9 Å². The highest BCUT2D eigenvalue weighted by atomic mass is 16.2. The minimum Gasteiger partial charge on any atom is -0.376 e. The zero-order valence-electron chi connectivity index (χ0n) is 16.5. The molecule has 0 atom stereocenters. The molecule has 0 saturated carbocycles. The van der Waals surface area contributed by atoms with Crippen LogP contribution in [0.25, 0.3) is 0 Å². The molecule has 6 nitrogen and oxygen atoms in total. The second-order valence-corrected chi connectivity index (χ2v) is 6.84. The molecule has 0 radical (unpaired) electrons. The number of hydrogen-bond donors (Lipinski definition) is 3. The van der Waals surface area contributed by atoms with Crippen LogP contribution < -0.4 is 16.0 Å². The third-order valence-electron chi connectivity index (χ3n) is 4.45. The number of nitrogens with one attached hydrogen (secondary N) is 3. The number of benzene rings is 2. The van der Waals surface area contributed by atoms with Crippen molar-refractivity contribution in [3.05, 3.63) is 89.2 Å². The van der Waals surface area contributed by atoms with E-state index in [-0.39, 0.29) is 18.4 Å². The largest absolute Gasteiger partial charge is 0.376 e. The van der Waals surface area contributed by atoms with Crippen LogP contribution in [0.1, 0.15) is 27.0 Å². The summed E-state index contributed by atoms with van der Waals surface area (Å²) in [5, 5.41) is 8.83. The summed E-state index contributed by atoms with van der Waals surface area (Å²) in [5.41, 5.74) is 5.37. The third-order valence-corrected chi connectivity index (χ3v) is 4.45. The van der Waals surface area contributed by atoms with Crippen molar-refractivity contribution < 1.29 is 9.59 Å². The molecule has 0 spiro atoms. The molecule has 3 N–H and O–H groups in total. The van der Waals surface area contributed by atoms with Crippen molar-refractivity contribution in [2.45, 2.75) is 20.4 Å². The van der Waals surface area contributed by atoms with E-state index in [0.717, 1.165) is 16.8 Å². The molecule has 1 heterocycles. The van der Waals surface area contributed by atoms with Crippen molar-refractivity contribution >= 4 is 23.2 Å². The minimum atomic E-state index is -0.170. The molecule has 0 fully saturated rings. The Kier molecular flexibility index (Phi) is 6.58. The Hall–Kier alpha value is -3.67. The Bertz CT molecular complexity index is 986. The maximum Gasteiger partial charge on any atom is 0.251 e. The van der Waals surface area contributed by atoms with Gasteiger partial charge in [-0.2, -0.15) is 0 Å². The first kappa shape index (κ1) is 20.1. The summed E-state index contributed by atoms with van der Waals surface area (Å²) >= 11 is 0. The topological polar surface area (TPSA) is 83.1 Å². The van der Waals surface area contributed by atoms with Gasteiger partial charge in [-0.05, 0) is 67.4 Å². The average Bonchev–Trinajstić information content (AvgIpc) is 2.72. The molecule has 0 bridgehead atoms. The van der Waals surface area contributed by atoms with Gasteiger partial charge in [-0.25, -0.2) is 0 Å². The average molecular weight is 388 g/mol. The van der Waals surface area contributed by atoms with Crippen LogP contribution in [0.4, 0.5) is 11.4 Å². The van der Waals surface area contributed by atoms with Gasteiger partial charge in [0.15, 0.2) is 0 Å². The number of aryl methyl sites for hydroxylation is 2. The summed E-state index contributed by atoms with van der Waals surface area (Å²) in [6, 6.07) is 16.6. The second-order valence-electron chi connectivity index (χ2n) is 6.84. The van der Waals surface area contributed by atoms with Gasteiger partial charge in [0.2, 0.25) is 5.91 Å². The number of amides is 2. The number of hydrogen-bond acceptors (Lipinski definition) is 4. The molecule has 6 heteroatoms. The maximum atomic E-state index is 12.2. The molecule has 2 amide bonds. The van der Waals surface area contributed by atoms with E-state index in [1.165, 1.54) is 5.56 Å². The first-order chi connectivity index (χ1) is 14.0. The Balaban J connectivity index is 1.49. The van der Waals surface area contributed by atoms with Gasteiger partial charge in [-0.15, -0.1) is 0 Å². The second kappa shape index (κ2) is 9.50. The molecular formula is C23H24N4O2. The highest BCUT2D eigenvalue weighted by molar-refractivity contribution is 5.96. The Morgan fingerprint density at radius 1 is 0.931 bits per heavy atom. The van der Waals surface area contributed by atoms with E-state index in [1.807, 2.05) is 38.1 Å². The van der Waals surface area contributed by atoms with Crippen molar-refractivity contribution in [1.29, 1.82) is 0 Å². The number of rotatable bonds is 7. The first-order valence-electron chi connectivity index (χ1n) is 9.39. The monoisotopic (exact) mass is 388 g/mol. The van der Waals surface area contributed by atoms with Gasteiger partial charge in [0.25, 0.3) is 5.91 Å². The molecule has 0 unspecified atom stereocenters. The van der Waals surface area contributed by atoms with Crippen LogP contribution in [-0.2, 0) is 11.3 Å². The SMILES string of the molecule is Cc1ccc(NCC(=O)Nc2ccc(C(=O)NCc3ccncc3)cc2)c(C)c1. The van der Waals surface area contributed by atoms with Crippen LogP contribution in [0, 0.1) is 13.8 Å². The van der Waals surface area contributed by atoms with Gasteiger partial charge in [-0.3, -0.25) is 14.6 Å². The molecule has 148 valence electrons. The highest BCUT2D eigenvalue weighted by Crippen LogP contribution is 2.16. The Morgan fingerprint density at radius 2 is 1.66 bits per heavy atom. The maximum absolute atomic E-state index is 12.2. The number of pyridine rings is 1. The molecule has 1 aromatic heterocycles. The van der Waals surface area contributed by atoms with Crippen LogP contribution in [0.2, 0.25) is 0 Å².